The topological polar surface area (TPSA) is 63.7 Å². The normalized spacial score (nSPS) is 18.8. The fourth-order valence-electron chi connectivity index (χ4n) is 3.66. The summed E-state index contributed by atoms with van der Waals surface area (Å²) in [6.07, 6.45) is -0.353. The number of hydrogen-bond donors (Lipinski definition) is 0. The van der Waals surface area contributed by atoms with Gasteiger partial charge in [0.2, 0.25) is 0 Å². The lowest BCUT2D eigenvalue weighted by Crippen LogP contribution is -2.46. The second kappa shape index (κ2) is 9.16. The van der Waals surface area contributed by atoms with Crippen LogP contribution in [-0.2, 0) is 21.2 Å². The van der Waals surface area contributed by atoms with Gasteiger partial charge in [0.1, 0.15) is 5.75 Å². The third-order valence-corrected chi connectivity index (χ3v) is 7.87. The monoisotopic (exact) mass is 469 g/mol. The summed E-state index contributed by atoms with van der Waals surface area (Å²) in [5.41, 5.74) is 2.61. The van der Waals surface area contributed by atoms with E-state index in [1.807, 2.05) is 26.0 Å². The maximum atomic E-state index is 13.3. The number of hydrogen-bond acceptors (Lipinski definition) is 4. The third kappa shape index (κ3) is 5.48. The first-order chi connectivity index (χ1) is 14.1. The van der Waals surface area contributed by atoms with Gasteiger partial charge in [-0.15, -0.1) is 0 Å². The Labute approximate surface area is 187 Å². The first kappa shape index (κ1) is 22.9. The predicted octanol–water partition coefficient (Wildman–Crippen LogP) is 4.59. The maximum absolute atomic E-state index is 13.3. The fraction of sp³-hybridized carbons (Fsp3) is 0.409. The summed E-state index contributed by atoms with van der Waals surface area (Å²) < 4.78 is 30.0. The van der Waals surface area contributed by atoms with E-state index in [0.29, 0.717) is 28.8 Å². The average molecular weight is 470 g/mol. The summed E-state index contributed by atoms with van der Waals surface area (Å²) in [6.45, 7) is 5.73. The molecule has 0 bridgehead atoms. The molecule has 5 nitrogen and oxygen atoms in total. The van der Waals surface area contributed by atoms with E-state index >= 15 is 0 Å². The molecule has 30 heavy (non-hydrogen) atoms. The van der Waals surface area contributed by atoms with Crippen molar-refractivity contribution in [3.8, 4) is 5.75 Å². The number of halogens is 2. The van der Waals surface area contributed by atoms with Crippen LogP contribution in [0.4, 0.5) is 0 Å². The molecule has 1 saturated heterocycles. The van der Waals surface area contributed by atoms with Crippen molar-refractivity contribution in [2.24, 2.45) is 0 Å². The van der Waals surface area contributed by atoms with Gasteiger partial charge in [-0.3, -0.25) is 4.79 Å². The molecule has 0 saturated carbocycles. The van der Waals surface area contributed by atoms with E-state index in [9.17, 15) is 13.2 Å². The molecule has 8 heteroatoms. The highest BCUT2D eigenvalue weighted by atomic mass is 35.5. The van der Waals surface area contributed by atoms with Crippen molar-refractivity contribution in [2.45, 2.75) is 45.9 Å². The smallest absolute Gasteiger partial charge is 0.263 e. The fourth-order valence-corrected chi connectivity index (χ4v) is 5.62. The number of rotatable bonds is 6. The third-order valence-electron chi connectivity index (χ3n) is 5.27. The number of sulfone groups is 1. The van der Waals surface area contributed by atoms with Crippen LogP contribution in [0, 0.1) is 13.8 Å². The van der Waals surface area contributed by atoms with Crippen molar-refractivity contribution < 1.29 is 17.9 Å². The highest BCUT2D eigenvalue weighted by molar-refractivity contribution is 7.91. The Bertz CT molecular complexity index is 1010. The molecule has 1 aliphatic rings. The molecule has 1 fully saturated rings. The number of ether oxygens (including phenoxy) is 1. The number of carbonyl (C=O) groups is 1. The summed E-state index contributed by atoms with van der Waals surface area (Å²) in [6, 6.07) is 10.4. The lowest BCUT2D eigenvalue weighted by Gasteiger charge is -2.31. The Kier molecular flexibility index (Phi) is 7.00. The number of nitrogens with zero attached hydrogens (tertiary/aromatic N) is 1. The van der Waals surface area contributed by atoms with Crippen molar-refractivity contribution in [3.05, 3.63) is 63.1 Å². The van der Waals surface area contributed by atoms with Gasteiger partial charge in [-0.1, -0.05) is 35.3 Å². The molecule has 2 aromatic carbocycles. The highest BCUT2D eigenvalue weighted by Gasteiger charge is 2.36. The van der Waals surface area contributed by atoms with Gasteiger partial charge in [0.05, 0.1) is 11.5 Å². The molecule has 2 aromatic rings. The summed E-state index contributed by atoms with van der Waals surface area (Å²) >= 11 is 12.2. The Morgan fingerprint density at radius 1 is 1.17 bits per heavy atom. The molecular formula is C22H25Cl2NO4S. The zero-order chi connectivity index (χ0) is 22.1. The molecule has 0 unspecified atom stereocenters. The molecule has 1 amide bonds. The van der Waals surface area contributed by atoms with E-state index in [0.717, 1.165) is 16.7 Å². The molecule has 0 radical (unpaired) electrons. The highest BCUT2D eigenvalue weighted by Crippen LogP contribution is 2.27. The van der Waals surface area contributed by atoms with Gasteiger partial charge in [0.15, 0.2) is 15.9 Å². The van der Waals surface area contributed by atoms with E-state index in [1.165, 1.54) is 0 Å². The molecule has 1 heterocycles. The van der Waals surface area contributed by atoms with Crippen LogP contribution in [0.1, 0.15) is 30.0 Å². The van der Waals surface area contributed by atoms with Crippen molar-refractivity contribution >= 4 is 38.9 Å². The minimum atomic E-state index is -3.14. The standard InChI is InChI=1S/C22H25Cl2NO4S/c1-14-10-20(11-15(2)21(14)24)29-16(3)22(26)25(19-8-9-30(27,28)13-19)12-17-4-6-18(23)7-5-17/h4-7,10-11,16,19H,8-9,12-13H2,1-3H3/t16-,19-/m1/s1. The van der Waals surface area contributed by atoms with Gasteiger partial charge in [-0.05, 0) is 68.1 Å². The lowest BCUT2D eigenvalue weighted by atomic mass is 10.1. The number of aryl methyl sites for hydroxylation is 2. The van der Waals surface area contributed by atoms with E-state index in [-0.39, 0.29) is 23.5 Å². The molecule has 1 aliphatic heterocycles. The predicted molar refractivity (Wildman–Crippen MR) is 120 cm³/mol. The molecule has 0 aromatic heterocycles. The van der Waals surface area contributed by atoms with E-state index < -0.39 is 15.9 Å². The first-order valence-corrected chi connectivity index (χ1v) is 12.3. The van der Waals surface area contributed by atoms with Crippen LogP contribution >= 0.6 is 23.2 Å². The summed E-state index contributed by atoms with van der Waals surface area (Å²) in [4.78, 5) is 14.9. The minimum absolute atomic E-state index is 0.0296. The van der Waals surface area contributed by atoms with E-state index in [2.05, 4.69) is 0 Å². The second-order valence-corrected chi connectivity index (χ2v) is 10.8. The van der Waals surface area contributed by atoms with Crippen LogP contribution in [0.2, 0.25) is 10.0 Å². The van der Waals surface area contributed by atoms with E-state index in [1.54, 1.807) is 36.1 Å². The Balaban J connectivity index is 1.82. The van der Waals surface area contributed by atoms with Gasteiger partial charge in [-0.2, -0.15) is 0 Å². The second-order valence-electron chi connectivity index (χ2n) is 7.78. The zero-order valence-electron chi connectivity index (χ0n) is 17.2. The van der Waals surface area contributed by atoms with E-state index in [4.69, 9.17) is 27.9 Å². The van der Waals surface area contributed by atoms with Gasteiger partial charge in [-0.25, -0.2) is 8.42 Å². The van der Waals surface area contributed by atoms with Crippen molar-refractivity contribution in [2.75, 3.05) is 11.5 Å². The SMILES string of the molecule is Cc1cc(O[C@H](C)C(=O)N(Cc2ccc(Cl)cc2)[C@@H]2CCS(=O)(=O)C2)cc(C)c1Cl. The van der Waals surface area contributed by atoms with Gasteiger partial charge < -0.3 is 9.64 Å². The summed E-state index contributed by atoms with van der Waals surface area (Å²) in [7, 11) is -3.14. The molecule has 2 atom stereocenters. The maximum Gasteiger partial charge on any atom is 0.263 e. The largest absolute Gasteiger partial charge is 0.481 e. The summed E-state index contributed by atoms with van der Waals surface area (Å²) in [5, 5.41) is 1.27. The Hall–Kier alpha value is -1.76. The Morgan fingerprint density at radius 3 is 2.30 bits per heavy atom. The lowest BCUT2D eigenvalue weighted by molar-refractivity contribution is -0.140. The number of amides is 1. The van der Waals surface area contributed by atoms with Gasteiger partial charge in [0.25, 0.3) is 5.91 Å². The van der Waals surface area contributed by atoms with Crippen molar-refractivity contribution in [3.63, 3.8) is 0 Å². The first-order valence-electron chi connectivity index (χ1n) is 9.74. The minimum Gasteiger partial charge on any atom is -0.481 e. The van der Waals surface area contributed by atoms with Crippen molar-refractivity contribution in [1.29, 1.82) is 0 Å². The van der Waals surface area contributed by atoms with Gasteiger partial charge in [0, 0.05) is 22.6 Å². The van der Waals surface area contributed by atoms with Crippen LogP contribution in [0.5, 0.6) is 5.75 Å². The molecule has 0 spiro atoms. The number of carbonyl (C=O) groups excluding carboxylic acids is 1. The molecule has 0 aliphatic carbocycles. The molecule has 0 N–H and O–H groups in total. The summed E-state index contributed by atoms with van der Waals surface area (Å²) in [5.74, 6) is 0.364. The quantitative estimate of drug-likeness (QED) is 0.620. The zero-order valence-corrected chi connectivity index (χ0v) is 19.5. The van der Waals surface area contributed by atoms with Crippen LogP contribution in [0.25, 0.3) is 0 Å². The molecular weight excluding hydrogens is 445 g/mol. The van der Waals surface area contributed by atoms with Gasteiger partial charge >= 0.3 is 0 Å². The van der Waals surface area contributed by atoms with Crippen LogP contribution < -0.4 is 4.74 Å². The molecule has 162 valence electrons. The molecule has 3 rings (SSSR count). The number of benzene rings is 2. The van der Waals surface area contributed by atoms with Crippen molar-refractivity contribution in [1.82, 2.24) is 4.90 Å². The van der Waals surface area contributed by atoms with Crippen LogP contribution in [0.3, 0.4) is 0 Å². The van der Waals surface area contributed by atoms with Crippen LogP contribution in [0.15, 0.2) is 36.4 Å². The Morgan fingerprint density at radius 2 is 1.77 bits per heavy atom. The average Bonchev–Trinajstić information content (AvgIpc) is 3.04. The van der Waals surface area contributed by atoms with Crippen LogP contribution in [-0.4, -0.2) is 42.9 Å².